The van der Waals surface area contributed by atoms with Gasteiger partial charge in [-0.3, -0.25) is 4.99 Å². The number of unbranched alkanes of at least 4 members (excludes halogenated alkanes) is 3. The van der Waals surface area contributed by atoms with Gasteiger partial charge in [-0.05, 0) is 58.1 Å². The topological polar surface area (TPSA) is 12.4 Å². The lowest BCUT2D eigenvalue weighted by molar-refractivity contribution is 0.653. The average Bonchev–Trinajstić information content (AvgIpc) is 2.42. The molecular weight excluding hydrogens is 242 g/mol. The van der Waals surface area contributed by atoms with Gasteiger partial charge in [-0.2, -0.15) is 0 Å². The minimum Gasteiger partial charge on any atom is -0.293 e. The summed E-state index contributed by atoms with van der Waals surface area (Å²) in [6.45, 7) is 6.41. The number of rotatable bonds is 8. The van der Waals surface area contributed by atoms with Gasteiger partial charge in [0.25, 0.3) is 0 Å². The summed E-state index contributed by atoms with van der Waals surface area (Å²) in [5, 5.41) is 0. The van der Waals surface area contributed by atoms with Crippen molar-refractivity contribution in [3.8, 4) is 0 Å². The van der Waals surface area contributed by atoms with E-state index in [2.05, 4.69) is 56.1 Å². The first-order chi connectivity index (χ1) is 9.61. The Bertz CT molecular complexity index is 433. The van der Waals surface area contributed by atoms with Crippen molar-refractivity contribution < 1.29 is 0 Å². The van der Waals surface area contributed by atoms with Crippen LogP contribution in [0.2, 0.25) is 0 Å². The molecule has 0 fully saturated rings. The fourth-order valence-corrected chi connectivity index (χ4v) is 2.33. The van der Waals surface area contributed by atoms with E-state index in [9.17, 15) is 0 Å². The van der Waals surface area contributed by atoms with Crippen LogP contribution in [-0.4, -0.2) is 12.8 Å². The van der Waals surface area contributed by atoms with Gasteiger partial charge in [-0.25, -0.2) is 0 Å². The molecule has 0 unspecified atom stereocenters. The summed E-state index contributed by atoms with van der Waals surface area (Å²) in [5.41, 5.74) is 5.39. The molecule has 1 nitrogen and oxygen atoms in total. The Morgan fingerprint density at radius 3 is 2.25 bits per heavy atom. The van der Waals surface area contributed by atoms with E-state index in [1.807, 2.05) is 7.05 Å². The first-order valence-electron chi connectivity index (χ1n) is 7.78. The summed E-state index contributed by atoms with van der Waals surface area (Å²) in [5.74, 6) is 0. The predicted molar refractivity (Wildman–Crippen MR) is 90.8 cm³/mol. The molecule has 0 saturated carbocycles. The van der Waals surface area contributed by atoms with Crippen molar-refractivity contribution in [2.45, 2.75) is 59.3 Å². The molecule has 0 aliphatic carbocycles. The highest BCUT2D eigenvalue weighted by molar-refractivity contribution is 5.95. The normalized spacial score (nSPS) is 11.5. The third-order valence-corrected chi connectivity index (χ3v) is 3.51. The fraction of sp³-hybridized carbons (Fsp3) is 0.526. The summed E-state index contributed by atoms with van der Waals surface area (Å²) >= 11 is 0. The molecule has 0 amide bonds. The first kappa shape index (κ1) is 16.7. The Kier molecular flexibility index (Phi) is 7.94. The molecule has 0 aliphatic rings. The molecule has 1 heteroatoms. The molecule has 0 bridgehead atoms. The van der Waals surface area contributed by atoms with Crippen LogP contribution >= 0.6 is 0 Å². The molecule has 0 aliphatic heterocycles. The van der Waals surface area contributed by atoms with Gasteiger partial charge in [0.15, 0.2) is 0 Å². The van der Waals surface area contributed by atoms with E-state index in [-0.39, 0.29) is 0 Å². The minimum absolute atomic E-state index is 1.12. The van der Waals surface area contributed by atoms with E-state index >= 15 is 0 Å². The Labute approximate surface area is 124 Å². The molecule has 1 aromatic carbocycles. The molecule has 0 radical (unpaired) electrons. The van der Waals surface area contributed by atoms with Gasteiger partial charge in [-0.1, -0.05) is 48.2 Å². The van der Waals surface area contributed by atoms with Crippen molar-refractivity contribution in [2.24, 2.45) is 4.99 Å². The molecule has 0 aromatic heterocycles. The van der Waals surface area contributed by atoms with Gasteiger partial charge >= 0.3 is 0 Å². The zero-order chi connectivity index (χ0) is 14.8. The van der Waals surface area contributed by atoms with Crippen molar-refractivity contribution in [1.29, 1.82) is 0 Å². The monoisotopic (exact) mass is 271 g/mol. The highest BCUT2D eigenvalue weighted by Crippen LogP contribution is 2.11. The summed E-state index contributed by atoms with van der Waals surface area (Å²) < 4.78 is 0. The first-order valence-corrected chi connectivity index (χ1v) is 7.78. The standard InChI is InChI=1S/C19H29N/c1-16(2)15-19(20-4)10-8-6-5-7-9-18-13-11-17(3)12-14-18/h11-15H,5-10H2,1-4H3. The van der Waals surface area contributed by atoms with Gasteiger partial charge in [0, 0.05) is 12.8 Å². The number of hydrogen-bond donors (Lipinski definition) is 0. The largest absolute Gasteiger partial charge is 0.293 e. The van der Waals surface area contributed by atoms with Crippen LogP contribution in [0.4, 0.5) is 0 Å². The summed E-state index contributed by atoms with van der Waals surface area (Å²) in [6.07, 6.45) is 9.71. The number of hydrogen-bond acceptors (Lipinski definition) is 1. The van der Waals surface area contributed by atoms with Crippen LogP contribution in [0, 0.1) is 6.92 Å². The molecule has 110 valence electrons. The zero-order valence-corrected chi connectivity index (χ0v) is 13.6. The van der Waals surface area contributed by atoms with E-state index in [4.69, 9.17) is 0 Å². The molecular formula is C19H29N. The maximum atomic E-state index is 4.34. The zero-order valence-electron chi connectivity index (χ0n) is 13.6. The molecule has 0 N–H and O–H groups in total. The summed E-state index contributed by atoms with van der Waals surface area (Å²) in [7, 11) is 1.90. The van der Waals surface area contributed by atoms with Crippen molar-refractivity contribution in [3.05, 3.63) is 47.0 Å². The highest BCUT2D eigenvalue weighted by Gasteiger charge is 1.97. The third-order valence-electron chi connectivity index (χ3n) is 3.51. The van der Waals surface area contributed by atoms with Crippen molar-refractivity contribution in [1.82, 2.24) is 0 Å². The fourth-order valence-electron chi connectivity index (χ4n) is 2.33. The van der Waals surface area contributed by atoms with Gasteiger partial charge in [-0.15, -0.1) is 0 Å². The quantitative estimate of drug-likeness (QED) is 0.436. The summed E-state index contributed by atoms with van der Waals surface area (Å²) in [4.78, 5) is 4.34. The SMILES string of the molecule is CN=C(C=C(C)C)CCCCCCc1ccc(C)cc1. The Hall–Kier alpha value is -1.37. The average molecular weight is 271 g/mol. The van der Waals surface area contributed by atoms with Crippen LogP contribution in [0.5, 0.6) is 0 Å². The van der Waals surface area contributed by atoms with Crippen LogP contribution in [0.15, 0.2) is 40.9 Å². The van der Waals surface area contributed by atoms with Crippen LogP contribution in [0.3, 0.4) is 0 Å². The molecule has 0 atom stereocenters. The maximum Gasteiger partial charge on any atom is 0.0344 e. The second-order valence-corrected chi connectivity index (χ2v) is 5.84. The van der Waals surface area contributed by atoms with E-state index in [1.54, 1.807) is 0 Å². The molecule has 0 saturated heterocycles. The van der Waals surface area contributed by atoms with Gasteiger partial charge < -0.3 is 0 Å². The minimum atomic E-state index is 1.12. The van der Waals surface area contributed by atoms with E-state index in [0.717, 1.165) is 6.42 Å². The number of nitrogens with zero attached hydrogens (tertiary/aromatic N) is 1. The third kappa shape index (κ3) is 7.28. The lowest BCUT2D eigenvalue weighted by atomic mass is 10.0. The van der Waals surface area contributed by atoms with Crippen molar-refractivity contribution >= 4 is 5.71 Å². The number of aliphatic imine (C=N–C) groups is 1. The van der Waals surface area contributed by atoms with E-state index < -0.39 is 0 Å². The highest BCUT2D eigenvalue weighted by atomic mass is 14.7. The van der Waals surface area contributed by atoms with Crippen LogP contribution < -0.4 is 0 Å². The number of benzene rings is 1. The molecule has 20 heavy (non-hydrogen) atoms. The van der Waals surface area contributed by atoms with Gasteiger partial charge in [0.1, 0.15) is 0 Å². The summed E-state index contributed by atoms with van der Waals surface area (Å²) in [6, 6.07) is 8.93. The van der Waals surface area contributed by atoms with Crippen LogP contribution in [0.25, 0.3) is 0 Å². The van der Waals surface area contributed by atoms with E-state index in [1.165, 1.54) is 54.5 Å². The lowest BCUT2D eigenvalue weighted by Gasteiger charge is -2.04. The van der Waals surface area contributed by atoms with Gasteiger partial charge in [0.05, 0.1) is 0 Å². The Morgan fingerprint density at radius 1 is 1.00 bits per heavy atom. The molecule has 0 heterocycles. The predicted octanol–water partition coefficient (Wildman–Crippen LogP) is 5.53. The molecule has 1 aromatic rings. The van der Waals surface area contributed by atoms with Crippen molar-refractivity contribution in [3.63, 3.8) is 0 Å². The smallest absolute Gasteiger partial charge is 0.0344 e. The van der Waals surface area contributed by atoms with E-state index in [0.29, 0.717) is 0 Å². The maximum absolute atomic E-state index is 4.34. The second kappa shape index (κ2) is 9.52. The Balaban J connectivity index is 2.13. The second-order valence-electron chi connectivity index (χ2n) is 5.84. The van der Waals surface area contributed by atoms with Crippen LogP contribution in [-0.2, 0) is 6.42 Å². The number of aryl methyl sites for hydroxylation is 2. The molecule has 1 rings (SSSR count). The Morgan fingerprint density at radius 2 is 1.65 bits per heavy atom. The van der Waals surface area contributed by atoms with Crippen molar-refractivity contribution in [2.75, 3.05) is 7.05 Å². The number of allylic oxidation sites excluding steroid dienone is 2. The molecule has 0 spiro atoms. The van der Waals surface area contributed by atoms with Gasteiger partial charge in [0.2, 0.25) is 0 Å². The lowest BCUT2D eigenvalue weighted by Crippen LogP contribution is -1.95. The van der Waals surface area contributed by atoms with Crippen LogP contribution in [0.1, 0.15) is 57.1 Å².